The van der Waals surface area contributed by atoms with Crippen LogP contribution in [0.2, 0.25) is 0 Å². The van der Waals surface area contributed by atoms with E-state index in [1.165, 1.54) is 0 Å². The molecule has 0 radical (unpaired) electrons. The fourth-order valence-corrected chi connectivity index (χ4v) is 3.75. The molecule has 1 rings (SSSR count). The van der Waals surface area contributed by atoms with Crippen molar-refractivity contribution in [1.82, 2.24) is 0 Å². The summed E-state index contributed by atoms with van der Waals surface area (Å²) >= 11 is 0. The highest BCUT2D eigenvalue weighted by Crippen LogP contribution is 2.56. The van der Waals surface area contributed by atoms with E-state index in [1.54, 1.807) is 0 Å². The molecule has 0 saturated heterocycles. The van der Waals surface area contributed by atoms with Crippen LogP contribution in [-0.4, -0.2) is 22.2 Å². The second kappa shape index (κ2) is 6.51. The molecule has 0 aromatic heterocycles. The van der Waals surface area contributed by atoms with Crippen LogP contribution in [0.5, 0.6) is 0 Å². The lowest BCUT2D eigenvalue weighted by molar-refractivity contribution is -0.140. The summed E-state index contributed by atoms with van der Waals surface area (Å²) in [5, 5.41) is 18.9. The molecule has 0 fully saturated rings. The van der Waals surface area contributed by atoms with E-state index in [0.717, 1.165) is 6.42 Å². The predicted octanol–water partition coefficient (Wildman–Crippen LogP) is 4.05. The van der Waals surface area contributed by atoms with Crippen molar-refractivity contribution in [2.24, 2.45) is 16.7 Å². The molecule has 2 N–H and O–H groups in total. The molecule has 0 aliphatic heterocycles. The van der Waals surface area contributed by atoms with Gasteiger partial charge in [0.2, 0.25) is 0 Å². The largest absolute Gasteiger partial charge is 0.477 e. The molecule has 22 heavy (non-hydrogen) atoms. The van der Waals surface area contributed by atoms with Gasteiger partial charge in [0.15, 0.2) is 0 Å². The van der Waals surface area contributed by atoms with E-state index < -0.39 is 22.9 Å². The Labute approximate surface area is 132 Å². The number of hydrogen-bond donors (Lipinski definition) is 2. The van der Waals surface area contributed by atoms with Gasteiger partial charge < -0.3 is 10.2 Å². The van der Waals surface area contributed by atoms with Gasteiger partial charge in [-0.1, -0.05) is 58.9 Å². The third-order valence-electron chi connectivity index (χ3n) is 4.66. The zero-order valence-electron chi connectivity index (χ0n) is 14.0. The number of carboxylic acids is 2. The quantitative estimate of drug-likeness (QED) is 0.456. The van der Waals surface area contributed by atoms with Crippen molar-refractivity contribution >= 4 is 11.9 Å². The Hall–Kier alpha value is -1.84. The van der Waals surface area contributed by atoms with E-state index in [2.05, 4.69) is 6.08 Å². The van der Waals surface area contributed by atoms with Crippen molar-refractivity contribution < 1.29 is 19.8 Å². The first-order chi connectivity index (χ1) is 10.1. The van der Waals surface area contributed by atoms with Gasteiger partial charge in [-0.15, -0.1) is 0 Å². The summed E-state index contributed by atoms with van der Waals surface area (Å²) in [5.74, 6) is -2.67. The molecule has 1 aliphatic carbocycles. The first kappa shape index (κ1) is 18.2. The number of carboxylic acid groups (broad SMARTS) is 2. The van der Waals surface area contributed by atoms with Crippen LogP contribution >= 0.6 is 0 Å². The molecule has 122 valence electrons. The highest BCUT2D eigenvalue weighted by Gasteiger charge is 2.49. The molecule has 0 aromatic rings. The summed E-state index contributed by atoms with van der Waals surface area (Å²) in [6.07, 6.45) is 9.10. The summed E-state index contributed by atoms with van der Waals surface area (Å²) in [5.41, 5.74) is -0.920. The van der Waals surface area contributed by atoms with Crippen LogP contribution in [0.4, 0.5) is 0 Å². The monoisotopic (exact) mass is 306 g/mol. The van der Waals surface area contributed by atoms with E-state index in [0.29, 0.717) is 12.0 Å². The standard InChI is InChI=1S/C18H26O4/c1-6-12-10-8-9-11-18(12,17(3,4)5)13(7-2)14(15(19)20)16(21)22/h8-12H,6-7H2,1-5H3,(H,19,20)(H,21,22). The van der Waals surface area contributed by atoms with Crippen LogP contribution in [-0.2, 0) is 9.59 Å². The summed E-state index contributed by atoms with van der Waals surface area (Å²) < 4.78 is 0. The minimum atomic E-state index is -1.37. The average molecular weight is 306 g/mol. The summed E-state index contributed by atoms with van der Waals surface area (Å²) in [7, 11) is 0. The molecular formula is C18H26O4. The maximum absolute atomic E-state index is 11.6. The first-order valence-corrected chi connectivity index (χ1v) is 7.69. The third-order valence-corrected chi connectivity index (χ3v) is 4.66. The Kier molecular flexibility index (Phi) is 5.39. The van der Waals surface area contributed by atoms with E-state index in [9.17, 15) is 19.8 Å². The van der Waals surface area contributed by atoms with Crippen LogP contribution in [0.1, 0.15) is 47.5 Å². The van der Waals surface area contributed by atoms with Gasteiger partial charge in [-0.3, -0.25) is 0 Å². The van der Waals surface area contributed by atoms with Crippen molar-refractivity contribution in [2.45, 2.75) is 47.5 Å². The lowest BCUT2D eigenvalue weighted by atomic mass is 9.53. The topological polar surface area (TPSA) is 74.6 Å². The van der Waals surface area contributed by atoms with Gasteiger partial charge in [-0.05, 0) is 29.7 Å². The Morgan fingerprint density at radius 2 is 1.64 bits per heavy atom. The minimum Gasteiger partial charge on any atom is -0.477 e. The van der Waals surface area contributed by atoms with E-state index in [1.807, 2.05) is 52.8 Å². The molecule has 2 unspecified atom stereocenters. The molecule has 4 heteroatoms. The lowest BCUT2D eigenvalue weighted by Gasteiger charge is -2.50. The van der Waals surface area contributed by atoms with Crippen LogP contribution in [0.15, 0.2) is 35.5 Å². The van der Waals surface area contributed by atoms with Crippen LogP contribution < -0.4 is 0 Å². The Bertz CT molecular complexity index is 530. The van der Waals surface area contributed by atoms with Crippen molar-refractivity contribution in [3.63, 3.8) is 0 Å². The minimum absolute atomic E-state index is 0.0705. The van der Waals surface area contributed by atoms with Crippen molar-refractivity contribution in [1.29, 1.82) is 0 Å². The molecule has 0 aromatic carbocycles. The van der Waals surface area contributed by atoms with Gasteiger partial charge in [0.1, 0.15) is 5.57 Å². The SMILES string of the molecule is CCC(=C(C(=O)O)C(=O)O)C1(C(C)(C)C)C=CC=CC1CC. The highest BCUT2D eigenvalue weighted by atomic mass is 16.4. The highest BCUT2D eigenvalue weighted by molar-refractivity contribution is 6.13. The molecular weight excluding hydrogens is 280 g/mol. The molecule has 0 saturated carbocycles. The fraction of sp³-hybridized carbons (Fsp3) is 0.556. The van der Waals surface area contributed by atoms with Gasteiger partial charge in [-0.2, -0.15) is 0 Å². The zero-order chi connectivity index (χ0) is 17.1. The van der Waals surface area contributed by atoms with E-state index in [4.69, 9.17) is 0 Å². The summed E-state index contributed by atoms with van der Waals surface area (Å²) in [4.78, 5) is 23.1. The maximum Gasteiger partial charge on any atom is 0.343 e. The van der Waals surface area contributed by atoms with Crippen molar-refractivity contribution in [2.75, 3.05) is 0 Å². The normalized spacial score (nSPS) is 24.1. The maximum atomic E-state index is 11.6. The predicted molar refractivity (Wildman–Crippen MR) is 86.5 cm³/mol. The molecule has 1 aliphatic rings. The molecule has 0 bridgehead atoms. The number of carbonyl (C=O) groups is 2. The zero-order valence-corrected chi connectivity index (χ0v) is 14.0. The van der Waals surface area contributed by atoms with Gasteiger partial charge in [0.05, 0.1) is 0 Å². The lowest BCUT2D eigenvalue weighted by Crippen LogP contribution is -2.44. The first-order valence-electron chi connectivity index (χ1n) is 7.69. The van der Waals surface area contributed by atoms with Crippen LogP contribution in [0.3, 0.4) is 0 Å². The molecule has 0 heterocycles. The average Bonchev–Trinajstić information content (AvgIpc) is 2.42. The Morgan fingerprint density at radius 1 is 1.09 bits per heavy atom. The second-order valence-electron chi connectivity index (χ2n) is 6.70. The number of rotatable bonds is 5. The number of hydrogen-bond acceptors (Lipinski definition) is 2. The van der Waals surface area contributed by atoms with Gasteiger partial charge in [0, 0.05) is 5.41 Å². The summed E-state index contributed by atoms with van der Waals surface area (Å²) in [6, 6.07) is 0. The van der Waals surface area contributed by atoms with Gasteiger partial charge in [-0.25, -0.2) is 9.59 Å². The smallest absolute Gasteiger partial charge is 0.343 e. The van der Waals surface area contributed by atoms with Crippen LogP contribution in [0.25, 0.3) is 0 Å². The third kappa shape index (κ3) is 2.87. The molecule has 2 atom stereocenters. The molecule has 0 spiro atoms. The molecule has 0 amide bonds. The fourth-order valence-electron chi connectivity index (χ4n) is 3.75. The number of allylic oxidation sites excluding steroid dienone is 5. The second-order valence-corrected chi connectivity index (χ2v) is 6.70. The number of aliphatic carboxylic acids is 2. The van der Waals surface area contributed by atoms with Crippen molar-refractivity contribution in [3.05, 3.63) is 35.5 Å². The van der Waals surface area contributed by atoms with Crippen molar-refractivity contribution in [3.8, 4) is 0 Å². The summed E-state index contributed by atoms with van der Waals surface area (Å²) in [6.45, 7) is 9.99. The van der Waals surface area contributed by atoms with E-state index >= 15 is 0 Å². The molecule has 4 nitrogen and oxygen atoms in total. The van der Waals surface area contributed by atoms with Gasteiger partial charge >= 0.3 is 11.9 Å². The van der Waals surface area contributed by atoms with Gasteiger partial charge in [0.25, 0.3) is 0 Å². The Morgan fingerprint density at radius 3 is 2.00 bits per heavy atom. The van der Waals surface area contributed by atoms with Crippen LogP contribution in [0, 0.1) is 16.7 Å². The Balaban J connectivity index is 3.81. The van der Waals surface area contributed by atoms with E-state index in [-0.39, 0.29) is 11.3 Å².